The molecule has 1 aromatic carbocycles. The Morgan fingerprint density at radius 2 is 1.60 bits per heavy atom. The topological polar surface area (TPSA) is 82.2 Å². The van der Waals surface area contributed by atoms with E-state index in [1.54, 1.807) is 12.1 Å². The molecular weight excluding hydrogens is 316 g/mol. The molecule has 0 atom stereocenters. The van der Waals surface area contributed by atoms with Crippen LogP contribution in [0, 0.1) is 0 Å². The van der Waals surface area contributed by atoms with E-state index in [9.17, 15) is 4.79 Å². The number of hydrogen-bond donors (Lipinski definition) is 3. The van der Waals surface area contributed by atoms with E-state index in [1.807, 2.05) is 26.0 Å². The highest BCUT2D eigenvalue weighted by atomic mass is 16.2. The van der Waals surface area contributed by atoms with E-state index in [-0.39, 0.29) is 12.1 Å². The molecule has 134 valence electrons. The quantitative estimate of drug-likeness (QED) is 0.716. The van der Waals surface area contributed by atoms with Gasteiger partial charge in [-0.25, -0.2) is 4.79 Å². The first-order chi connectivity index (χ1) is 12.0. The van der Waals surface area contributed by atoms with Gasteiger partial charge < -0.3 is 15.5 Å². The first-order valence-corrected chi connectivity index (χ1v) is 8.55. The number of carbonyl (C=O) groups excluding carboxylic acids is 1. The molecule has 0 unspecified atom stereocenters. The molecule has 0 saturated heterocycles. The Balaban J connectivity index is 1.95. The van der Waals surface area contributed by atoms with Crippen molar-refractivity contribution in [2.24, 2.45) is 0 Å². The summed E-state index contributed by atoms with van der Waals surface area (Å²) in [5.41, 5.74) is 2.13. The van der Waals surface area contributed by atoms with Crippen LogP contribution in [-0.2, 0) is 0 Å². The zero-order valence-electron chi connectivity index (χ0n) is 15.2. The summed E-state index contributed by atoms with van der Waals surface area (Å²) < 4.78 is 0. The van der Waals surface area contributed by atoms with Crippen LogP contribution in [-0.4, -0.2) is 35.4 Å². The van der Waals surface area contributed by atoms with Crippen molar-refractivity contribution in [3.8, 4) is 0 Å². The number of urea groups is 1. The van der Waals surface area contributed by atoms with E-state index in [0.717, 1.165) is 18.8 Å². The Kier molecular flexibility index (Phi) is 6.56. The first kappa shape index (κ1) is 18.5. The van der Waals surface area contributed by atoms with E-state index in [0.29, 0.717) is 11.6 Å². The van der Waals surface area contributed by atoms with Crippen LogP contribution < -0.4 is 20.9 Å². The van der Waals surface area contributed by atoms with Gasteiger partial charge in [0, 0.05) is 30.5 Å². The Hall–Kier alpha value is -2.83. The van der Waals surface area contributed by atoms with Crippen LogP contribution in [0.3, 0.4) is 0 Å². The Morgan fingerprint density at radius 1 is 1.00 bits per heavy atom. The van der Waals surface area contributed by atoms with Gasteiger partial charge in [-0.1, -0.05) is 0 Å². The van der Waals surface area contributed by atoms with Gasteiger partial charge in [-0.05, 0) is 64.1 Å². The molecule has 25 heavy (non-hydrogen) atoms. The van der Waals surface area contributed by atoms with Gasteiger partial charge in [0.2, 0.25) is 0 Å². The highest BCUT2D eigenvalue weighted by Crippen LogP contribution is 2.20. The van der Waals surface area contributed by atoms with Gasteiger partial charge >= 0.3 is 6.03 Å². The van der Waals surface area contributed by atoms with Crippen molar-refractivity contribution in [1.82, 2.24) is 15.5 Å². The molecule has 0 radical (unpaired) electrons. The van der Waals surface area contributed by atoms with Crippen molar-refractivity contribution in [2.75, 3.05) is 28.6 Å². The number of anilines is 4. The maximum atomic E-state index is 11.6. The number of aromatic nitrogens is 2. The summed E-state index contributed by atoms with van der Waals surface area (Å²) in [5, 5.41) is 16.7. The molecule has 1 heterocycles. The summed E-state index contributed by atoms with van der Waals surface area (Å²) in [7, 11) is 0. The van der Waals surface area contributed by atoms with Crippen molar-refractivity contribution in [3.05, 3.63) is 36.4 Å². The highest BCUT2D eigenvalue weighted by Gasteiger charge is 2.06. The smallest absolute Gasteiger partial charge is 0.320 e. The molecule has 2 aromatic rings. The molecular formula is C18H26N6O. The second-order valence-corrected chi connectivity index (χ2v) is 5.90. The van der Waals surface area contributed by atoms with Crippen molar-refractivity contribution in [1.29, 1.82) is 0 Å². The first-order valence-electron chi connectivity index (χ1n) is 8.55. The van der Waals surface area contributed by atoms with Gasteiger partial charge in [0.05, 0.1) is 0 Å². The minimum Gasteiger partial charge on any atom is -0.372 e. The maximum Gasteiger partial charge on any atom is 0.320 e. The zero-order chi connectivity index (χ0) is 18.2. The van der Waals surface area contributed by atoms with E-state index in [1.165, 1.54) is 5.69 Å². The third-order valence-corrected chi connectivity index (χ3v) is 3.59. The summed E-state index contributed by atoms with van der Waals surface area (Å²) in [6, 6.07) is 11.4. The third kappa shape index (κ3) is 5.63. The van der Waals surface area contributed by atoms with Crippen molar-refractivity contribution in [2.45, 2.75) is 33.7 Å². The molecule has 0 bridgehead atoms. The van der Waals surface area contributed by atoms with Crippen molar-refractivity contribution < 1.29 is 4.79 Å². The maximum absolute atomic E-state index is 11.6. The van der Waals surface area contributed by atoms with E-state index in [2.05, 4.69) is 57.0 Å². The van der Waals surface area contributed by atoms with Gasteiger partial charge in [-0.15, -0.1) is 10.2 Å². The lowest BCUT2D eigenvalue weighted by Gasteiger charge is -2.21. The largest absolute Gasteiger partial charge is 0.372 e. The Morgan fingerprint density at radius 3 is 2.12 bits per heavy atom. The predicted molar refractivity (Wildman–Crippen MR) is 103 cm³/mol. The van der Waals surface area contributed by atoms with E-state index in [4.69, 9.17) is 0 Å². The third-order valence-electron chi connectivity index (χ3n) is 3.59. The molecule has 0 saturated carbocycles. The summed E-state index contributed by atoms with van der Waals surface area (Å²) in [4.78, 5) is 13.9. The molecule has 1 aromatic heterocycles. The van der Waals surface area contributed by atoms with Crippen LogP contribution in [0.1, 0.15) is 27.7 Å². The number of carbonyl (C=O) groups is 1. The lowest BCUT2D eigenvalue weighted by atomic mass is 10.2. The van der Waals surface area contributed by atoms with Crippen molar-refractivity contribution in [3.63, 3.8) is 0 Å². The lowest BCUT2D eigenvalue weighted by molar-refractivity contribution is 0.250. The second-order valence-electron chi connectivity index (χ2n) is 5.90. The number of nitrogens with zero attached hydrogens (tertiary/aromatic N) is 3. The van der Waals surface area contributed by atoms with Gasteiger partial charge in [0.15, 0.2) is 11.6 Å². The van der Waals surface area contributed by atoms with Crippen LogP contribution >= 0.6 is 0 Å². The number of nitrogens with one attached hydrogen (secondary N) is 3. The number of hydrogen-bond acceptors (Lipinski definition) is 5. The van der Waals surface area contributed by atoms with Crippen LogP contribution in [0.4, 0.5) is 27.8 Å². The summed E-state index contributed by atoms with van der Waals surface area (Å²) in [6.07, 6.45) is 0. The fraction of sp³-hybridized carbons (Fsp3) is 0.389. The van der Waals surface area contributed by atoms with Crippen molar-refractivity contribution >= 4 is 29.0 Å². The minimum atomic E-state index is -0.294. The minimum absolute atomic E-state index is 0.0632. The fourth-order valence-electron chi connectivity index (χ4n) is 2.37. The standard InChI is InChI=1S/C18H26N6O/c1-5-24(6-2)15-9-7-14(8-10-15)20-16-11-12-17(23-22-16)21-18(25)19-13(3)4/h7-13H,5-6H2,1-4H3,(H,20,22)(H2,19,21,23,25). The predicted octanol–water partition coefficient (Wildman–Crippen LogP) is 3.60. The van der Waals surface area contributed by atoms with E-state index < -0.39 is 0 Å². The Bertz CT molecular complexity index is 665. The Labute approximate surface area is 148 Å². The molecule has 0 spiro atoms. The average molecular weight is 342 g/mol. The van der Waals surface area contributed by atoms with Gasteiger partial charge in [0.25, 0.3) is 0 Å². The summed E-state index contributed by atoms with van der Waals surface area (Å²) >= 11 is 0. The average Bonchev–Trinajstić information content (AvgIpc) is 2.58. The normalized spacial score (nSPS) is 10.4. The second kappa shape index (κ2) is 8.86. The monoisotopic (exact) mass is 342 g/mol. The summed E-state index contributed by atoms with van der Waals surface area (Å²) in [6.45, 7) is 10.0. The molecule has 3 N–H and O–H groups in total. The number of rotatable bonds is 7. The van der Waals surface area contributed by atoms with Crippen LogP contribution in [0.5, 0.6) is 0 Å². The molecule has 0 fully saturated rings. The number of benzene rings is 1. The molecule has 7 nitrogen and oxygen atoms in total. The molecule has 2 rings (SSSR count). The zero-order valence-corrected chi connectivity index (χ0v) is 15.2. The highest BCUT2D eigenvalue weighted by molar-refractivity contribution is 5.88. The number of amides is 2. The molecule has 7 heteroatoms. The van der Waals surface area contributed by atoms with Gasteiger partial charge in [0.1, 0.15) is 0 Å². The molecule has 0 aliphatic heterocycles. The van der Waals surface area contributed by atoms with Crippen LogP contribution in [0.2, 0.25) is 0 Å². The SMILES string of the molecule is CCN(CC)c1ccc(Nc2ccc(NC(=O)NC(C)C)nn2)cc1. The van der Waals surface area contributed by atoms with E-state index >= 15 is 0 Å². The summed E-state index contributed by atoms with van der Waals surface area (Å²) in [5.74, 6) is 1.02. The van der Waals surface area contributed by atoms with Gasteiger partial charge in [-0.2, -0.15) is 0 Å². The molecule has 2 amide bonds. The fourth-order valence-corrected chi connectivity index (χ4v) is 2.37. The molecule has 0 aliphatic carbocycles. The molecule has 0 aliphatic rings. The van der Waals surface area contributed by atoms with Crippen LogP contribution in [0.15, 0.2) is 36.4 Å². The van der Waals surface area contributed by atoms with Crippen LogP contribution in [0.25, 0.3) is 0 Å². The lowest BCUT2D eigenvalue weighted by Crippen LogP contribution is -2.34. The van der Waals surface area contributed by atoms with Gasteiger partial charge in [-0.3, -0.25) is 5.32 Å².